The minimum absolute atomic E-state index is 0.477. The van der Waals surface area contributed by atoms with Crippen molar-refractivity contribution in [3.63, 3.8) is 0 Å². The lowest BCUT2D eigenvalue weighted by molar-refractivity contribution is -0.138. The van der Waals surface area contributed by atoms with Crippen molar-refractivity contribution in [1.82, 2.24) is 0 Å². The van der Waals surface area contributed by atoms with Gasteiger partial charge in [0.1, 0.15) is 0 Å². The summed E-state index contributed by atoms with van der Waals surface area (Å²) < 4.78 is 0.830. The highest BCUT2D eigenvalue weighted by Gasteiger charge is 2.20. The normalized spacial score (nSPS) is 11.9. The predicted octanol–water partition coefficient (Wildman–Crippen LogP) is 4.34. The summed E-state index contributed by atoms with van der Waals surface area (Å²) >= 11 is 9.39. The Kier molecular flexibility index (Phi) is 4.45. The van der Waals surface area contributed by atoms with Gasteiger partial charge in [0.15, 0.2) is 6.04 Å². The van der Waals surface area contributed by atoms with Gasteiger partial charge in [-0.3, -0.25) is 0 Å². The largest absolute Gasteiger partial charge is 0.479 e. The van der Waals surface area contributed by atoms with Crippen molar-refractivity contribution in [3.05, 3.63) is 63.6 Å². The summed E-state index contributed by atoms with van der Waals surface area (Å²) in [6.45, 7) is 0. The van der Waals surface area contributed by atoms with Gasteiger partial charge in [-0.1, -0.05) is 57.9 Å². The zero-order valence-corrected chi connectivity index (χ0v) is 12.1. The van der Waals surface area contributed by atoms with Crippen molar-refractivity contribution >= 4 is 39.2 Å². The molecule has 0 aliphatic carbocycles. The molecule has 0 heterocycles. The van der Waals surface area contributed by atoms with Gasteiger partial charge in [0, 0.05) is 4.47 Å². The average molecular weight is 341 g/mol. The Morgan fingerprint density at radius 3 is 2.53 bits per heavy atom. The SMILES string of the molecule is O=C(O)C(Nc1cc(Br)ccc1Cl)c1ccccc1. The number of rotatable bonds is 4. The predicted molar refractivity (Wildman–Crippen MR) is 79.6 cm³/mol. The summed E-state index contributed by atoms with van der Waals surface area (Å²) in [5.74, 6) is -0.956. The molecule has 0 aromatic heterocycles. The van der Waals surface area contributed by atoms with E-state index in [9.17, 15) is 9.90 Å². The number of carbonyl (C=O) groups is 1. The summed E-state index contributed by atoms with van der Waals surface area (Å²) in [6.07, 6.45) is 0. The van der Waals surface area contributed by atoms with Crippen LogP contribution in [0.2, 0.25) is 5.02 Å². The molecule has 5 heteroatoms. The fourth-order valence-corrected chi connectivity index (χ4v) is 2.23. The van der Waals surface area contributed by atoms with Gasteiger partial charge in [-0.15, -0.1) is 0 Å². The number of anilines is 1. The number of hydrogen-bond donors (Lipinski definition) is 2. The quantitative estimate of drug-likeness (QED) is 0.870. The van der Waals surface area contributed by atoms with Gasteiger partial charge in [-0.2, -0.15) is 0 Å². The molecule has 19 heavy (non-hydrogen) atoms. The summed E-state index contributed by atoms with van der Waals surface area (Å²) in [7, 11) is 0. The first-order chi connectivity index (χ1) is 9.08. The molecule has 3 nitrogen and oxygen atoms in total. The molecule has 0 radical (unpaired) electrons. The van der Waals surface area contributed by atoms with E-state index in [1.807, 2.05) is 6.07 Å². The van der Waals surface area contributed by atoms with Crippen LogP contribution in [0.5, 0.6) is 0 Å². The molecular weight excluding hydrogens is 330 g/mol. The molecule has 0 saturated carbocycles. The van der Waals surface area contributed by atoms with Crippen LogP contribution < -0.4 is 5.32 Å². The van der Waals surface area contributed by atoms with Crippen LogP contribution in [0.3, 0.4) is 0 Å². The molecule has 2 rings (SSSR count). The highest BCUT2D eigenvalue weighted by atomic mass is 79.9. The van der Waals surface area contributed by atoms with Crippen LogP contribution in [0.25, 0.3) is 0 Å². The Labute approximate surface area is 124 Å². The molecule has 0 saturated heterocycles. The van der Waals surface area contributed by atoms with Crippen LogP contribution in [0.15, 0.2) is 53.0 Å². The number of benzene rings is 2. The molecule has 2 aromatic carbocycles. The number of nitrogens with one attached hydrogen (secondary N) is 1. The van der Waals surface area contributed by atoms with Crippen molar-refractivity contribution in [3.8, 4) is 0 Å². The molecule has 0 bridgehead atoms. The molecule has 0 aliphatic heterocycles. The lowest BCUT2D eigenvalue weighted by atomic mass is 10.1. The highest BCUT2D eigenvalue weighted by molar-refractivity contribution is 9.10. The van der Waals surface area contributed by atoms with Crippen molar-refractivity contribution in [2.24, 2.45) is 0 Å². The average Bonchev–Trinajstić information content (AvgIpc) is 2.40. The van der Waals surface area contributed by atoms with Gasteiger partial charge in [0.2, 0.25) is 0 Å². The van der Waals surface area contributed by atoms with Gasteiger partial charge in [-0.05, 0) is 23.8 Å². The van der Waals surface area contributed by atoms with E-state index in [0.29, 0.717) is 16.3 Å². The van der Waals surface area contributed by atoms with E-state index in [1.165, 1.54) is 0 Å². The minimum Gasteiger partial charge on any atom is -0.479 e. The molecule has 0 fully saturated rings. The molecule has 2 N–H and O–H groups in total. The molecule has 1 atom stereocenters. The lowest BCUT2D eigenvalue weighted by Gasteiger charge is -2.17. The third-order valence-electron chi connectivity index (χ3n) is 2.61. The third kappa shape index (κ3) is 3.49. The van der Waals surface area contributed by atoms with Crippen molar-refractivity contribution < 1.29 is 9.90 Å². The van der Waals surface area contributed by atoms with Crippen molar-refractivity contribution in [2.45, 2.75) is 6.04 Å². The molecule has 98 valence electrons. The zero-order chi connectivity index (χ0) is 13.8. The molecule has 0 spiro atoms. The molecule has 1 unspecified atom stereocenters. The van der Waals surface area contributed by atoms with Gasteiger partial charge >= 0.3 is 5.97 Å². The second kappa shape index (κ2) is 6.08. The zero-order valence-electron chi connectivity index (χ0n) is 9.81. The van der Waals surface area contributed by atoms with Crippen LogP contribution in [-0.4, -0.2) is 11.1 Å². The van der Waals surface area contributed by atoms with E-state index < -0.39 is 12.0 Å². The Bertz CT molecular complexity index is 589. The van der Waals surface area contributed by atoms with Gasteiger partial charge in [0.05, 0.1) is 10.7 Å². The molecule has 0 aliphatic rings. The molecule has 2 aromatic rings. The molecule has 0 amide bonds. The first-order valence-electron chi connectivity index (χ1n) is 5.57. The van der Waals surface area contributed by atoms with Crippen LogP contribution in [0.4, 0.5) is 5.69 Å². The van der Waals surface area contributed by atoms with Gasteiger partial charge in [0.25, 0.3) is 0 Å². The number of halogens is 2. The Balaban J connectivity index is 2.32. The smallest absolute Gasteiger partial charge is 0.330 e. The highest BCUT2D eigenvalue weighted by Crippen LogP contribution is 2.29. The maximum Gasteiger partial charge on any atom is 0.330 e. The van der Waals surface area contributed by atoms with Crippen molar-refractivity contribution in [2.75, 3.05) is 5.32 Å². The van der Waals surface area contributed by atoms with Crippen molar-refractivity contribution in [1.29, 1.82) is 0 Å². The van der Waals surface area contributed by atoms with Crippen LogP contribution in [0.1, 0.15) is 11.6 Å². The number of aliphatic carboxylic acids is 1. The Hall–Kier alpha value is -1.52. The van der Waals surface area contributed by atoms with E-state index in [1.54, 1.807) is 42.5 Å². The summed E-state index contributed by atoms with van der Waals surface area (Å²) in [4.78, 5) is 11.4. The van der Waals surface area contributed by atoms with Crippen LogP contribution in [0, 0.1) is 0 Å². The van der Waals surface area contributed by atoms with Gasteiger partial charge in [-0.25, -0.2) is 4.79 Å². The summed E-state index contributed by atoms with van der Waals surface area (Å²) in [5, 5.41) is 12.8. The number of carboxylic acids is 1. The second-order valence-electron chi connectivity index (χ2n) is 3.95. The van der Waals surface area contributed by atoms with Crippen LogP contribution in [-0.2, 0) is 4.79 Å². The van der Waals surface area contributed by atoms with Crippen LogP contribution >= 0.6 is 27.5 Å². The Morgan fingerprint density at radius 1 is 1.21 bits per heavy atom. The maximum atomic E-state index is 11.4. The van der Waals surface area contributed by atoms with E-state index in [-0.39, 0.29) is 0 Å². The number of carboxylic acid groups (broad SMARTS) is 1. The number of hydrogen-bond acceptors (Lipinski definition) is 2. The summed E-state index contributed by atoms with van der Waals surface area (Å²) in [6, 6.07) is 13.4. The minimum atomic E-state index is -0.956. The monoisotopic (exact) mass is 339 g/mol. The standard InChI is InChI=1S/C14H11BrClNO2/c15-10-6-7-11(16)12(8-10)17-13(14(18)19)9-4-2-1-3-5-9/h1-8,13,17H,(H,18,19). The molecular formula is C14H11BrClNO2. The fraction of sp³-hybridized carbons (Fsp3) is 0.0714. The summed E-state index contributed by atoms with van der Waals surface area (Å²) in [5.41, 5.74) is 1.25. The van der Waals surface area contributed by atoms with Gasteiger partial charge < -0.3 is 10.4 Å². The first kappa shape index (κ1) is 13.9. The topological polar surface area (TPSA) is 49.3 Å². The van der Waals surface area contributed by atoms with E-state index in [2.05, 4.69) is 21.2 Å². The third-order valence-corrected chi connectivity index (χ3v) is 3.43. The maximum absolute atomic E-state index is 11.4. The van der Waals surface area contributed by atoms with E-state index in [4.69, 9.17) is 11.6 Å². The Morgan fingerprint density at radius 2 is 1.89 bits per heavy atom. The van der Waals surface area contributed by atoms with E-state index in [0.717, 1.165) is 4.47 Å². The second-order valence-corrected chi connectivity index (χ2v) is 5.27. The van der Waals surface area contributed by atoms with E-state index >= 15 is 0 Å². The fourth-order valence-electron chi connectivity index (χ4n) is 1.70. The lowest BCUT2D eigenvalue weighted by Crippen LogP contribution is -2.20. The first-order valence-corrected chi connectivity index (χ1v) is 6.74.